The fraction of sp³-hybridized carbons (Fsp3) is 0.308. The third-order valence-corrected chi connectivity index (χ3v) is 9.87. The summed E-state index contributed by atoms with van der Waals surface area (Å²) in [5.74, 6) is -2.77. The zero-order chi connectivity index (χ0) is 40.2. The number of anilines is 3. The standard InChI is InChI=1S/C39H43FN6O8S.ClH/c1-22(2)34(41)36(48)53-37(23(3)4)54-39(49)46(31-18-17-30(55(7,50)51)20-32(31)52-6)38-43-33-19-12-27(21-45(33)44-38)26-10-15-29(16-11-26)42-35(47)24(5)25-8-13-28(40)14-9-25;/h8-24,34,37H,41H2,1-7H3,(H,42,47);1H/t24-,34+,37?;/m1./s1. The minimum atomic E-state index is -3.65. The molecule has 3 N–H and O–H groups in total. The predicted molar refractivity (Wildman–Crippen MR) is 211 cm³/mol. The van der Waals surface area contributed by atoms with Crippen molar-refractivity contribution in [2.24, 2.45) is 17.6 Å². The number of carbonyl (C=O) groups is 3. The number of nitrogens with two attached hydrogens (primary N) is 1. The summed E-state index contributed by atoms with van der Waals surface area (Å²) in [4.78, 5) is 45.2. The highest BCUT2D eigenvalue weighted by molar-refractivity contribution is 7.90. The highest BCUT2D eigenvalue weighted by Crippen LogP contribution is 2.36. The van der Waals surface area contributed by atoms with E-state index < -0.39 is 46.1 Å². The summed E-state index contributed by atoms with van der Waals surface area (Å²) >= 11 is 0. The molecule has 56 heavy (non-hydrogen) atoms. The van der Waals surface area contributed by atoms with E-state index in [0.29, 0.717) is 16.9 Å². The number of nitrogens with one attached hydrogen (secondary N) is 1. The lowest BCUT2D eigenvalue weighted by Crippen LogP contribution is -2.42. The second-order valence-electron chi connectivity index (χ2n) is 13.6. The average molecular weight is 811 g/mol. The van der Waals surface area contributed by atoms with E-state index in [0.717, 1.165) is 22.3 Å². The Labute approximate surface area is 330 Å². The number of pyridine rings is 1. The van der Waals surface area contributed by atoms with Gasteiger partial charge in [-0.15, -0.1) is 17.5 Å². The molecule has 0 fully saturated rings. The summed E-state index contributed by atoms with van der Waals surface area (Å²) in [7, 11) is -2.34. The van der Waals surface area contributed by atoms with Crippen molar-refractivity contribution >= 4 is 63.2 Å². The molecule has 0 spiro atoms. The Hall–Kier alpha value is -5.58. The molecule has 2 heterocycles. The molecular formula is C39H44ClFN6O8S. The van der Waals surface area contributed by atoms with Crippen molar-refractivity contribution in [1.82, 2.24) is 14.6 Å². The van der Waals surface area contributed by atoms with Crippen molar-refractivity contribution in [2.75, 3.05) is 23.6 Å². The highest BCUT2D eigenvalue weighted by atomic mass is 35.5. The van der Waals surface area contributed by atoms with E-state index in [1.54, 1.807) is 77.2 Å². The molecule has 3 atom stereocenters. The van der Waals surface area contributed by atoms with Crippen molar-refractivity contribution in [3.63, 3.8) is 0 Å². The lowest BCUT2D eigenvalue weighted by molar-refractivity contribution is -0.177. The van der Waals surface area contributed by atoms with E-state index in [4.69, 9.17) is 19.9 Å². The van der Waals surface area contributed by atoms with E-state index in [9.17, 15) is 27.2 Å². The third kappa shape index (κ3) is 9.99. The van der Waals surface area contributed by atoms with Gasteiger partial charge in [-0.3, -0.25) is 9.59 Å². The van der Waals surface area contributed by atoms with Crippen LogP contribution in [0.1, 0.15) is 46.1 Å². The Balaban J connectivity index is 0.00000696. The molecule has 2 amide bonds. The zero-order valence-electron chi connectivity index (χ0n) is 31.8. The van der Waals surface area contributed by atoms with Crippen molar-refractivity contribution in [3.05, 3.63) is 96.4 Å². The summed E-state index contributed by atoms with van der Waals surface area (Å²) in [6.07, 6.45) is 0.335. The van der Waals surface area contributed by atoms with Crippen molar-refractivity contribution < 1.29 is 41.4 Å². The van der Waals surface area contributed by atoms with E-state index >= 15 is 0 Å². The number of nitrogens with zero attached hydrogens (tertiary/aromatic N) is 4. The Bertz CT molecular complexity index is 2300. The summed E-state index contributed by atoms with van der Waals surface area (Å²) in [5.41, 5.74) is 9.13. The molecule has 0 aliphatic rings. The first-order valence-corrected chi connectivity index (χ1v) is 19.2. The zero-order valence-corrected chi connectivity index (χ0v) is 33.4. The minimum Gasteiger partial charge on any atom is -0.495 e. The molecule has 0 bridgehead atoms. The lowest BCUT2D eigenvalue weighted by atomic mass is 10.00. The topological polar surface area (TPSA) is 185 Å². The molecule has 14 nitrogen and oxygen atoms in total. The van der Waals surface area contributed by atoms with Crippen LogP contribution in [-0.4, -0.2) is 66.7 Å². The quantitative estimate of drug-likeness (QED) is 0.0932. The number of carbonyl (C=O) groups excluding carboxylic acids is 3. The number of methoxy groups -OCH3 is 1. The molecule has 5 rings (SSSR count). The van der Waals surface area contributed by atoms with Crippen LogP contribution in [0.2, 0.25) is 0 Å². The monoisotopic (exact) mass is 810 g/mol. The number of ether oxygens (including phenoxy) is 3. The maximum absolute atomic E-state index is 14.1. The fourth-order valence-corrected chi connectivity index (χ4v) is 5.95. The van der Waals surface area contributed by atoms with Crippen LogP contribution in [0.4, 0.5) is 26.5 Å². The molecule has 298 valence electrons. The van der Waals surface area contributed by atoms with E-state index in [1.807, 2.05) is 12.1 Å². The number of amides is 2. The fourth-order valence-electron chi connectivity index (χ4n) is 5.31. The first kappa shape index (κ1) is 43.2. The number of halogens is 2. The van der Waals surface area contributed by atoms with Crippen LogP contribution in [0, 0.1) is 17.7 Å². The molecule has 0 saturated carbocycles. The van der Waals surface area contributed by atoms with Crippen LogP contribution in [0.5, 0.6) is 5.75 Å². The second kappa shape index (κ2) is 17.9. The van der Waals surface area contributed by atoms with Crippen LogP contribution in [-0.2, 0) is 28.9 Å². The number of hydrogen-bond acceptors (Lipinski definition) is 11. The van der Waals surface area contributed by atoms with Gasteiger partial charge in [-0.2, -0.15) is 4.98 Å². The first-order valence-electron chi connectivity index (χ1n) is 17.3. The Kier molecular flexibility index (Phi) is 13.8. The van der Waals surface area contributed by atoms with Crippen LogP contribution >= 0.6 is 12.4 Å². The molecule has 0 radical (unpaired) electrons. The number of rotatable bonds is 13. The SMILES string of the molecule is COc1cc(S(C)(=O)=O)ccc1N(C(=O)OC(OC(=O)[C@@H](N)C(C)C)C(C)C)c1nc2ccc(-c3ccc(NC(=O)[C@H](C)c4ccc(F)cc4)cc3)cn2n1.Cl. The number of esters is 1. The van der Waals surface area contributed by atoms with Gasteiger partial charge in [0.15, 0.2) is 15.5 Å². The number of fused-ring (bicyclic) bond motifs is 1. The molecule has 5 aromatic rings. The van der Waals surface area contributed by atoms with Gasteiger partial charge in [0.1, 0.15) is 17.6 Å². The van der Waals surface area contributed by atoms with Gasteiger partial charge in [0.25, 0.3) is 12.2 Å². The molecule has 0 aliphatic carbocycles. The molecule has 17 heteroatoms. The first-order chi connectivity index (χ1) is 26.0. The van der Waals surface area contributed by atoms with Gasteiger partial charge in [-0.05, 0) is 72.5 Å². The largest absolute Gasteiger partial charge is 0.495 e. The van der Waals surface area contributed by atoms with E-state index in [-0.39, 0.29) is 52.3 Å². The average Bonchev–Trinajstić information content (AvgIpc) is 3.57. The summed E-state index contributed by atoms with van der Waals surface area (Å²) in [6.45, 7) is 8.63. The summed E-state index contributed by atoms with van der Waals surface area (Å²) in [5, 5.41) is 7.45. The van der Waals surface area contributed by atoms with Gasteiger partial charge in [0, 0.05) is 35.7 Å². The number of hydrogen-bond donors (Lipinski definition) is 2. The van der Waals surface area contributed by atoms with Crippen molar-refractivity contribution in [3.8, 4) is 16.9 Å². The Morgan fingerprint density at radius 3 is 2.11 bits per heavy atom. The number of aromatic nitrogens is 3. The molecule has 0 saturated heterocycles. The maximum atomic E-state index is 14.1. The van der Waals surface area contributed by atoms with Crippen LogP contribution in [0.15, 0.2) is 90.0 Å². The summed E-state index contributed by atoms with van der Waals surface area (Å²) < 4.78 is 56.3. The number of benzene rings is 3. The number of sulfone groups is 1. The van der Waals surface area contributed by atoms with Crippen molar-refractivity contribution in [2.45, 2.75) is 57.8 Å². The normalized spacial score (nSPS) is 13.1. The summed E-state index contributed by atoms with van der Waals surface area (Å²) in [6, 6.07) is 19.4. The third-order valence-electron chi connectivity index (χ3n) is 8.76. The van der Waals surface area contributed by atoms with Gasteiger partial charge in [-0.1, -0.05) is 52.0 Å². The van der Waals surface area contributed by atoms with Gasteiger partial charge >= 0.3 is 12.1 Å². The Morgan fingerprint density at radius 2 is 1.52 bits per heavy atom. The van der Waals surface area contributed by atoms with Crippen LogP contribution < -0.4 is 20.7 Å². The molecule has 3 aromatic carbocycles. The van der Waals surface area contributed by atoms with Gasteiger partial charge in [-0.25, -0.2) is 27.0 Å². The van der Waals surface area contributed by atoms with Crippen molar-refractivity contribution in [1.29, 1.82) is 0 Å². The molecule has 1 unspecified atom stereocenters. The maximum Gasteiger partial charge on any atom is 0.424 e. The molecule has 2 aromatic heterocycles. The predicted octanol–water partition coefficient (Wildman–Crippen LogP) is 6.89. The van der Waals surface area contributed by atoms with Crippen LogP contribution in [0.3, 0.4) is 0 Å². The molecular weight excluding hydrogens is 767 g/mol. The smallest absolute Gasteiger partial charge is 0.424 e. The lowest BCUT2D eigenvalue weighted by Gasteiger charge is -2.27. The van der Waals surface area contributed by atoms with Gasteiger partial charge < -0.3 is 25.3 Å². The second-order valence-corrected chi connectivity index (χ2v) is 15.6. The molecule has 0 aliphatic heterocycles. The highest BCUT2D eigenvalue weighted by Gasteiger charge is 2.33. The van der Waals surface area contributed by atoms with Crippen LogP contribution in [0.25, 0.3) is 16.8 Å². The van der Waals surface area contributed by atoms with E-state index in [1.165, 1.54) is 42.0 Å². The van der Waals surface area contributed by atoms with Gasteiger partial charge in [0.2, 0.25) is 5.91 Å². The minimum absolute atomic E-state index is 0. The van der Waals surface area contributed by atoms with Gasteiger partial charge in [0.05, 0.1) is 23.6 Å². The van der Waals surface area contributed by atoms with E-state index in [2.05, 4.69) is 15.4 Å². The Morgan fingerprint density at radius 1 is 0.875 bits per heavy atom.